The van der Waals surface area contributed by atoms with Crippen LogP contribution in [0, 0.1) is 11.3 Å². The lowest BCUT2D eigenvalue weighted by molar-refractivity contribution is 0.111. The Labute approximate surface area is 86.1 Å². The Morgan fingerprint density at radius 1 is 1.43 bits per heavy atom. The van der Waals surface area contributed by atoms with E-state index in [1.165, 1.54) is 19.3 Å². The summed E-state index contributed by atoms with van der Waals surface area (Å²) < 4.78 is 0. The lowest BCUT2D eigenvalue weighted by Gasteiger charge is -2.38. The van der Waals surface area contributed by atoms with Crippen LogP contribution < -0.4 is 5.32 Å². The number of hydrogen-bond donors (Lipinski definition) is 2. The van der Waals surface area contributed by atoms with Crippen LogP contribution in [0.4, 0.5) is 0 Å². The minimum atomic E-state index is -0.103. The second-order valence-electron chi connectivity index (χ2n) is 4.41. The van der Waals surface area contributed by atoms with Crippen molar-refractivity contribution in [2.24, 2.45) is 0 Å². The Morgan fingerprint density at radius 3 is 2.57 bits per heavy atom. The van der Waals surface area contributed by atoms with Gasteiger partial charge in [0.1, 0.15) is 0 Å². The predicted molar refractivity (Wildman–Crippen MR) is 55.7 cm³/mol. The van der Waals surface area contributed by atoms with Crippen molar-refractivity contribution in [2.75, 3.05) is 6.61 Å². The van der Waals surface area contributed by atoms with Crippen molar-refractivity contribution in [3.8, 4) is 6.07 Å². The second kappa shape index (κ2) is 5.33. The topological polar surface area (TPSA) is 56.0 Å². The van der Waals surface area contributed by atoms with Gasteiger partial charge in [-0.25, -0.2) is 0 Å². The summed E-state index contributed by atoms with van der Waals surface area (Å²) in [7, 11) is 0. The van der Waals surface area contributed by atoms with Gasteiger partial charge in [-0.15, -0.1) is 0 Å². The number of aliphatic hydroxyl groups is 1. The second-order valence-corrected chi connectivity index (χ2v) is 4.41. The molecule has 0 amide bonds. The maximum absolute atomic E-state index is 9.41. The molecule has 1 fully saturated rings. The van der Waals surface area contributed by atoms with Gasteiger partial charge in [0.15, 0.2) is 0 Å². The summed E-state index contributed by atoms with van der Waals surface area (Å²) in [5.41, 5.74) is -0.103. The Bertz CT molecular complexity index is 204. The first-order chi connectivity index (χ1) is 6.72. The van der Waals surface area contributed by atoms with Gasteiger partial charge in [0, 0.05) is 11.6 Å². The molecule has 3 heteroatoms. The fourth-order valence-corrected chi connectivity index (χ4v) is 2.29. The molecule has 1 saturated carbocycles. The summed E-state index contributed by atoms with van der Waals surface area (Å²) in [5, 5.41) is 21.4. The smallest absolute Gasteiger partial charge is 0.0638 e. The number of nitrogens with one attached hydrogen (secondary N) is 1. The lowest BCUT2D eigenvalue weighted by atomic mass is 9.81. The van der Waals surface area contributed by atoms with Gasteiger partial charge in [-0.2, -0.15) is 5.26 Å². The maximum atomic E-state index is 9.41. The van der Waals surface area contributed by atoms with Crippen molar-refractivity contribution >= 4 is 0 Å². The van der Waals surface area contributed by atoms with Crippen LogP contribution >= 0.6 is 0 Å². The molecule has 2 N–H and O–H groups in total. The van der Waals surface area contributed by atoms with E-state index in [2.05, 4.69) is 11.4 Å². The highest BCUT2D eigenvalue weighted by Crippen LogP contribution is 2.28. The van der Waals surface area contributed by atoms with E-state index in [-0.39, 0.29) is 18.2 Å². The standard InChI is InChI=1S/C11H20N2O/c1-10(5-8-12)13-11(9-14)6-3-2-4-7-11/h10,13-14H,2-7,9H2,1H3. The molecule has 14 heavy (non-hydrogen) atoms. The van der Waals surface area contributed by atoms with Crippen molar-refractivity contribution in [2.45, 2.75) is 57.0 Å². The van der Waals surface area contributed by atoms with Gasteiger partial charge in [-0.3, -0.25) is 0 Å². The average Bonchev–Trinajstić information content (AvgIpc) is 2.19. The monoisotopic (exact) mass is 196 g/mol. The summed E-state index contributed by atoms with van der Waals surface area (Å²) in [6.07, 6.45) is 6.25. The van der Waals surface area contributed by atoms with Crippen LogP contribution in [0.1, 0.15) is 45.4 Å². The van der Waals surface area contributed by atoms with Crippen molar-refractivity contribution in [1.82, 2.24) is 5.32 Å². The third-order valence-corrected chi connectivity index (χ3v) is 3.06. The van der Waals surface area contributed by atoms with Crippen LogP contribution in [0.15, 0.2) is 0 Å². The van der Waals surface area contributed by atoms with E-state index in [4.69, 9.17) is 5.26 Å². The molecule has 80 valence electrons. The zero-order valence-corrected chi connectivity index (χ0v) is 8.92. The molecule has 0 aliphatic heterocycles. The fourth-order valence-electron chi connectivity index (χ4n) is 2.29. The molecule has 1 atom stereocenters. The highest BCUT2D eigenvalue weighted by atomic mass is 16.3. The molecular weight excluding hydrogens is 176 g/mol. The zero-order valence-electron chi connectivity index (χ0n) is 8.92. The first kappa shape index (κ1) is 11.5. The molecule has 1 aliphatic carbocycles. The molecule has 0 radical (unpaired) electrons. The highest BCUT2D eigenvalue weighted by molar-refractivity contribution is 4.93. The van der Waals surface area contributed by atoms with E-state index in [1.807, 2.05) is 6.92 Å². The third kappa shape index (κ3) is 2.97. The quantitative estimate of drug-likeness (QED) is 0.717. The number of nitriles is 1. The van der Waals surface area contributed by atoms with Crippen molar-refractivity contribution in [3.05, 3.63) is 0 Å². The summed E-state index contributed by atoms with van der Waals surface area (Å²) in [4.78, 5) is 0. The third-order valence-electron chi connectivity index (χ3n) is 3.06. The van der Waals surface area contributed by atoms with Gasteiger partial charge in [0.2, 0.25) is 0 Å². The first-order valence-corrected chi connectivity index (χ1v) is 5.48. The van der Waals surface area contributed by atoms with Crippen molar-refractivity contribution < 1.29 is 5.11 Å². The summed E-state index contributed by atoms with van der Waals surface area (Å²) in [6.45, 7) is 2.21. The molecule has 0 aromatic rings. The van der Waals surface area contributed by atoms with Crippen LogP contribution in [-0.4, -0.2) is 23.3 Å². The summed E-state index contributed by atoms with van der Waals surface area (Å²) in [5.74, 6) is 0. The van der Waals surface area contributed by atoms with Crippen LogP contribution in [0.2, 0.25) is 0 Å². The van der Waals surface area contributed by atoms with Crippen molar-refractivity contribution in [3.63, 3.8) is 0 Å². The number of hydrogen-bond acceptors (Lipinski definition) is 3. The fraction of sp³-hybridized carbons (Fsp3) is 0.909. The number of aliphatic hydroxyl groups excluding tert-OH is 1. The average molecular weight is 196 g/mol. The van der Waals surface area contributed by atoms with Gasteiger partial charge >= 0.3 is 0 Å². The van der Waals surface area contributed by atoms with Gasteiger partial charge in [-0.05, 0) is 19.8 Å². The molecule has 0 saturated heterocycles. The summed E-state index contributed by atoms with van der Waals surface area (Å²) in [6, 6.07) is 2.34. The molecular formula is C11H20N2O. The molecule has 0 aromatic carbocycles. The van der Waals surface area contributed by atoms with Gasteiger partial charge in [-0.1, -0.05) is 19.3 Å². The maximum Gasteiger partial charge on any atom is 0.0638 e. The molecule has 1 unspecified atom stereocenters. The Hall–Kier alpha value is -0.590. The largest absolute Gasteiger partial charge is 0.394 e. The SMILES string of the molecule is CC(CC#N)NC1(CO)CCCCC1. The van der Waals surface area contributed by atoms with E-state index < -0.39 is 0 Å². The Kier molecular flexibility index (Phi) is 4.37. The first-order valence-electron chi connectivity index (χ1n) is 5.48. The molecule has 0 aromatic heterocycles. The van der Waals surface area contributed by atoms with Crippen LogP contribution in [-0.2, 0) is 0 Å². The normalized spacial score (nSPS) is 22.6. The van der Waals surface area contributed by atoms with Crippen LogP contribution in [0.5, 0.6) is 0 Å². The zero-order chi connectivity index (χ0) is 10.4. The minimum absolute atomic E-state index is 0.103. The highest BCUT2D eigenvalue weighted by Gasteiger charge is 2.31. The van der Waals surface area contributed by atoms with Gasteiger partial charge in [0.05, 0.1) is 19.1 Å². The Morgan fingerprint density at radius 2 is 2.07 bits per heavy atom. The van der Waals surface area contributed by atoms with E-state index >= 15 is 0 Å². The number of nitrogens with zero attached hydrogens (tertiary/aromatic N) is 1. The molecule has 1 aliphatic rings. The predicted octanol–water partition coefficient (Wildman–Crippen LogP) is 1.57. The molecule has 0 spiro atoms. The molecule has 0 heterocycles. The minimum Gasteiger partial charge on any atom is -0.394 e. The van der Waals surface area contributed by atoms with E-state index in [0.717, 1.165) is 12.8 Å². The lowest BCUT2D eigenvalue weighted by Crippen LogP contribution is -2.53. The summed E-state index contributed by atoms with van der Waals surface area (Å²) >= 11 is 0. The van der Waals surface area contributed by atoms with Crippen LogP contribution in [0.3, 0.4) is 0 Å². The number of rotatable bonds is 4. The molecule has 1 rings (SSSR count). The Balaban J connectivity index is 2.47. The van der Waals surface area contributed by atoms with Crippen molar-refractivity contribution in [1.29, 1.82) is 5.26 Å². The molecule has 0 bridgehead atoms. The molecule has 3 nitrogen and oxygen atoms in total. The van der Waals surface area contributed by atoms with Crippen LogP contribution in [0.25, 0.3) is 0 Å². The van der Waals surface area contributed by atoms with E-state index in [0.29, 0.717) is 6.42 Å². The van der Waals surface area contributed by atoms with Gasteiger partial charge in [0.25, 0.3) is 0 Å². The van der Waals surface area contributed by atoms with Gasteiger partial charge < -0.3 is 10.4 Å². The van der Waals surface area contributed by atoms with E-state index in [9.17, 15) is 5.11 Å². The van der Waals surface area contributed by atoms with E-state index in [1.54, 1.807) is 0 Å².